The van der Waals surface area contributed by atoms with Crippen LogP contribution in [0.3, 0.4) is 0 Å². The Kier molecular flexibility index (Phi) is 6.99. The summed E-state index contributed by atoms with van der Waals surface area (Å²) >= 11 is 0. The van der Waals surface area contributed by atoms with Crippen molar-refractivity contribution in [1.82, 2.24) is 9.80 Å². The van der Waals surface area contributed by atoms with Crippen molar-refractivity contribution in [1.29, 1.82) is 0 Å². The second-order valence-corrected chi connectivity index (χ2v) is 7.37. The third-order valence-electron chi connectivity index (χ3n) is 5.46. The van der Waals surface area contributed by atoms with Gasteiger partial charge in [0.15, 0.2) is 0 Å². The first-order valence-electron chi connectivity index (χ1n) is 10.1. The first kappa shape index (κ1) is 21.0. The van der Waals surface area contributed by atoms with Gasteiger partial charge in [-0.25, -0.2) is 4.39 Å². The van der Waals surface area contributed by atoms with Gasteiger partial charge in [0, 0.05) is 44.7 Å². The average molecular weight is 397 g/mol. The molecule has 3 rings (SSSR count). The zero-order chi connectivity index (χ0) is 20.8. The van der Waals surface area contributed by atoms with Gasteiger partial charge in [-0.2, -0.15) is 0 Å². The molecular formula is C23H28FN3O2. The number of nitrogens with two attached hydrogens (primary N) is 1. The minimum absolute atomic E-state index is 0.00171. The van der Waals surface area contributed by atoms with Crippen LogP contribution in [-0.4, -0.2) is 54.3 Å². The van der Waals surface area contributed by atoms with Gasteiger partial charge in [0.2, 0.25) is 11.8 Å². The van der Waals surface area contributed by atoms with Crippen LogP contribution in [0.2, 0.25) is 0 Å². The molecule has 6 heteroatoms. The second kappa shape index (κ2) is 9.65. The first-order valence-corrected chi connectivity index (χ1v) is 10.1. The third-order valence-corrected chi connectivity index (χ3v) is 5.46. The topological polar surface area (TPSA) is 66.6 Å². The molecule has 0 aliphatic carbocycles. The molecule has 1 atom stereocenters. The Morgan fingerprint density at radius 3 is 2.52 bits per heavy atom. The normalized spacial score (nSPS) is 17.3. The van der Waals surface area contributed by atoms with E-state index in [1.165, 1.54) is 6.07 Å². The molecule has 1 aliphatic heterocycles. The van der Waals surface area contributed by atoms with Crippen molar-refractivity contribution in [3.8, 4) is 11.1 Å². The summed E-state index contributed by atoms with van der Waals surface area (Å²) in [7, 11) is 0. The summed E-state index contributed by atoms with van der Waals surface area (Å²) in [5.41, 5.74) is 7.88. The largest absolute Gasteiger partial charge is 0.341 e. The van der Waals surface area contributed by atoms with Crippen LogP contribution in [0.5, 0.6) is 0 Å². The molecule has 1 aliphatic rings. The Balaban J connectivity index is 1.77. The molecule has 0 saturated carbocycles. The maximum atomic E-state index is 14.0. The van der Waals surface area contributed by atoms with E-state index in [4.69, 9.17) is 5.73 Å². The van der Waals surface area contributed by atoms with Crippen LogP contribution >= 0.6 is 0 Å². The fourth-order valence-electron chi connectivity index (χ4n) is 3.82. The van der Waals surface area contributed by atoms with Gasteiger partial charge in [-0.3, -0.25) is 9.59 Å². The highest BCUT2D eigenvalue weighted by atomic mass is 19.1. The molecule has 2 aromatic carbocycles. The van der Waals surface area contributed by atoms with Gasteiger partial charge in [0.05, 0.1) is 5.92 Å². The van der Waals surface area contributed by atoms with Crippen LogP contribution in [-0.2, 0) is 16.0 Å². The Labute approximate surface area is 171 Å². The van der Waals surface area contributed by atoms with Crippen LogP contribution in [0, 0.1) is 11.7 Å². The van der Waals surface area contributed by atoms with E-state index in [0.717, 1.165) is 11.1 Å². The standard InChI is InChI=1S/C23H28FN3O2/c1-2-26-13-14-27(22(28)11-12-25)16-19(23(26)29)15-17-7-9-18(10-8-17)20-5-3-4-6-21(20)24/h3-10,19H,2,11-16,25H2,1H3/t19-/m1/s1. The summed E-state index contributed by atoms with van der Waals surface area (Å²) in [4.78, 5) is 28.9. The summed E-state index contributed by atoms with van der Waals surface area (Å²) in [5, 5.41) is 0. The van der Waals surface area contributed by atoms with Gasteiger partial charge in [-0.1, -0.05) is 42.5 Å². The number of hydrogen-bond donors (Lipinski definition) is 1. The SMILES string of the molecule is CCN1CCN(C(=O)CCN)C[C@@H](Cc2ccc(-c3ccccc3F)cc2)C1=O. The number of carbonyl (C=O) groups is 2. The van der Waals surface area contributed by atoms with E-state index in [0.29, 0.717) is 51.1 Å². The van der Waals surface area contributed by atoms with E-state index < -0.39 is 0 Å². The average Bonchev–Trinajstić information content (AvgIpc) is 2.88. The van der Waals surface area contributed by atoms with Crippen molar-refractivity contribution >= 4 is 11.8 Å². The Morgan fingerprint density at radius 1 is 1.14 bits per heavy atom. The van der Waals surface area contributed by atoms with Gasteiger partial charge < -0.3 is 15.5 Å². The number of halogens is 1. The van der Waals surface area contributed by atoms with E-state index in [1.54, 1.807) is 17.0 Å². The summed E-state index contributed by atoms with van der Waals surface area (Å²) in [6.07, 6.45) is 0.837. The fourth-order valence-corrected chi connectivity index (χ4v) is 3.82. The summed E-state index contributed by atoms with van der Waals surface area (Å²) in [6, 6.07) is 14.3. The lowest BCUT2D eigenvalue weighted by atomic mass is 9.95. The van der Waals surface area contributed by atoms with Crippen molar-refractivity contribution in [2.75, 3.05) is 32.7 Å². The van der Waals surface area contributed by atoms with Gasteiger partial charge in [-0.05, 0) is 30.5 Å². The van der Waals surface area contributed by atoms with Gasteiger partial charge >= 0.3 is 0 Å². The molecule has 0 aromatic heterocycles. The predicted octanol–water partition coefficient (Wildman–Crippen LogP) is 2.69. The van der Waals surface area contributed by atoms with Crippen LogP contribution < -0.4 is 5.73 Å². The van der Waals surface area contributed by atoms with Crippen LogP contribution in [0.15, 0.2) is 48.5 Å². The molecule has 0 unspecified atom stereocenters. The highest BCUT2D eigenvalue weighted by molar-refractivity contribution is 5.82. The van der Waals surface area contributed by atoms with Gasteiger partial charge in [0.1, 0.15) is 5.82 Å². The lowest BCUT2D eigenvalue weighted by Gasteiger charge is -2.23. The fraction of sp³-hybridized carbons (Fsp3) is 0.391. The van der Waals surface area contributed by atoms with Crippen molar-refractivity contribution in [2.24, 2.45) is 11.7 Å². The van der Waals surface area contributed by atoms with E-state index in [9.17, 15) is 14.0 Å². The van der Waals surface area contributed by atoms with Crippen molar-refractivity contribution < 1.29 is 14.0 Å². The van der Waals surface area contributed by atoms with E-state index >= 15 is 0 Å². The molecule has 0 spiro atoms. The number of hydrogen-bond acceptors (Lipinski definition) is 3. The maximum Gasteiger partial charge on any atom is 0.227 e. The quantitative estimate of drug-likeness (QED) is 0.815. The third kappa shape index (κ3) is 5.01. The molecule has 29 heavy (non-hydrogen) atoms. The van der Waals surface area contributed by atoms with Crippen LogP contribution in [0.4, 0.5) is 4.39 Å². The smallest absolute Gasteiger partial charge is 0.227 e. The van der Waals surface area contributed by atoms with Gasteiger partial charge in [-0.15, -0.1) is 0 Å². The minimum Gasteiger partial charge on any atom is -0.341 e. The first-order chi connectivity index (χ1) is 14.0. The molecular weight excluding hydrogens is 369 g/mol. The molecule has 1 saturated heterocycles. The Bertz CT molecular complexity index is 853. The summed E-state index contributed by atoms with van der Waals surface area (Å²) in [5.74, 6) is -0.475. The molecule has 2 N–H and O–H groups in total. The Morgan fingerprint density at radius 2 is 1.86 bits per heavy atom. The van der Waals surface area contributed by atoms with Crippen LogP contribution in [0.25, 0.3) is 11.1 Å². The summed E-state index contributed by atoms with van der Waals surface area (Å²) in [6.45, 7) is 4.39. The number of carbonyl (C=O) groups excluding carboxylic acids is 2. The molecule has 0 bridgehead atoms. The minimum atomic E-state index is -0.293. The monoisotopic (exact) mass is 397 g/mol. The number of amides is 2. The molecule has 1 fully saturated rings. The van der Waals surface area contributed by atoms with Crippen LogP contribution in [0.1, 0.15) is 18.9 Å². The number of benzene rings is 2. The molecule has 2 amide bonds. The van der Waals surface area contributed by atoms with Crippen molar-refractivity contribution in [2.45, 2.75) is 19.8 Å². The molecule has 154 valence electrons. The summed E-state index contributed by atoms with van der Waals surface area (Å²) < 4.78 is 14.0. The lowest BCUT2D eigenvalue weighted by molar-refractivity contribution is -0.134. The zero-order valence-electron chi connectivity index (χ0n) is 16.8. The van der Waals surface area contributed by atoms with E-state index in [-0.39, 0.29) is 23.5 Å². The molecule has 0 radical (unpaired) electrons. The lowest BCUT2D eigenvalue weighted by Crippen LogP contribution is -2.38. The second-order valence-electron chi connectivity index (χ2n) is 7.37. The molecule has 2 aromatic rings. The number of rotatable bonds is 6. The molecule has 1 heterocycles. The highest BCUT2D eigenvalue weighted by Crippen LogP contribution is 2.24. The Hall–Kier alpha value is -2.73. The number of nitrogens with zero attached hydrogens (tertiary/aromatic N) is 2. The zero-order valence-corrected chi connectivity index (χ0v) is 16.8. The highest BCUT2D eigenvalue weighted by Gasteiger charge is 2.31. The maximum absolute atomic E-state index is 14.0. The number of likely N-dealkylation sites (N-methyl/N-ethyl adjacent to an activating group) is 1. The van der Waals surface area contributed by atoms with Crippen molar-refractivity contribution in [3.05, 3.63) is 59.9 Å². The van der Waals surface area contributed by atoms with Gasteiger partial charge in [0.25, 0.3) is 0 Å². The molecule has 5 nitrogen and oxygen atoms in total. The van der Waals surface area contributed by atoms with E-state index in [2.05, 4.69) is 0 Å². The van der Waals surface area contributed by atoms with Crippen molar-refractivity contribution in [3.63, 3.8) is 0 Å². The predicted molar refractivity (Wildman–Crippen MR) is 112 cm³/mol. The van der Waals surface area contributed by atoms with E-state index in [1.807, 2.05) is 42.2 Å².